The predicted molar refractivity (Wildman–Crippen MR) is 145 cm³/mol. The Hall–Kier alpha value is -4.14. The number of aliphatic hydroxyl groups is 2. The van der Waals surface area contributed by atoms with Crippen molar-refractivity contribution in [1.82, 2.24) is 4.90 Å². The molecule has 0 aliphatic carbocycles. The van der Waals surface area contributed by atoms with Gasteiger partial charge in [0.15, 0.2) is 12.1 Å². The van der Waals surface area contributed by atoms with Crippen molar-refractivity contribution < 1.29 is 37.7 Å². The van der Waals surface area contributed by atoms with Crippen molar-refractivity contribution >= 4 is 17.5 Å². The molecule has 8 nitrogen and oxygen atoms in total. The molecule has 11 heteroatoms. The second kappa shape index (κ2) is 13.0. The van der Waals surface area contributed by atoms with Gasteiger partial charge in [-0.25, -0.2) is 4.79 Å². The molecular formula is C30H32F3N3O5. The lowest BCUT2D eigenvalue weighted by atomic mass is 9.90. The number of benzene rings is 2. The number of nitrogens with zero attached hydrogens (tertiary/aromatic N) is 3. The van der Waals surface area contributed by atoms with Crippen molar-refractivity contribution in [3.63, 3.8) is 0 Å². The zero-order valence-electron chi connectivity index (χ0n) is 23.1. The van der Waals surface area contributed by atoms with Crippen LogP contribution in [0.25, 0.3) is 0 Å². The number of aliphatic hydroxyl groups excluding tert-OH is 1. The van der Waals surface area contributed by atoms with Crippen LogP contribution in [0.2, 0.25) is 0 Å². The van der Waals surface area contributed by atoms with E-state index in [1.807, 2.05) is 19.9 Å². The summed E-state index contributed by atoms with van der Waals surface area (Å²) >= 11 is 0. The van der Waals surface area contributed by atoms with Crippen LogP contribution in [0.3, 0.4) is 0 Å². The first-order valence-corrected chi connectivity index (χ1v) is 13.1. The lowest BCUT2D eigenvalue weighted by molar-refractivity contribution is -0.138. The highest BCUT2D eigenvalue weighted by Crippen LogP contribution is 2.41. The van der Waals surface area contributed by atoms with Crippen LogP contribution in [0.15, 0.2) is 71.6 Å². The molecule has 2 unspecified atom stereocenters. The summed E-state index contributed by atoms with van der Waals surface area (Å²) in [4.78, 5) is 29.4. The summed E-state index contributed by atoms with van der Waals surface area (Å²) in [5, 5.41) is 28.4. The summed E-state index contributed by atoms with van der Waals surface area (Å²) in [6, 6.07) is 10.9. The van der Waals surface area contributed by atoms with E-state index in [0.717, 1.165) is 17.0 Å². The number of hydrogen-bond acceptors (Lipinski definition) is 6. The van der Waals surface area contributed by atoms with Gasteiger partial charge in [0.2, 0.25) is 0 Å². The summed E-state index contributed by atoms with van der Waals surface area (Å²) in [7, 11) is 0. The fraction of sp³-hybridized carbons (Fsp3) is 0.367. The van der Waals surface area contributed by atoms with E-state index in [9.17, 15) is 38.2 Å². The summed E-state index contributed by atoms with van der Waals surface area (Å²) in [6.45, 7) is 6.60. The second-order valence-corrected chi connectivity index (χ2v) is 9.30. The number of ether oxygens (including phenoxy) is 1. The van der Waals surface area contributed by atoms with Gasteiger partial charge in [-0.3, -0.25) is 9.69 Å². The van der Waals surface area contributed by atoms with E-state index in [4.69, 9.17) is 4.74 Å². The minimum absolute atomic E-state index is 0.0726. The van der Waals surface area contributed by atoms with E-state index in [2.05, 4.69) is 0 Å². The Morgan fingerprint density at radius 3 is 2.39 bits per heavy atom. The van der Waals surface area contributed by atoms with Gasteiger partial charge >= 0.3 is 12.2 Å². The number of alkyl halides is 3. The minimum Gasteiger partial charge on any atom is -0.488 e. The first-order chi connectivity index (χ1) is 19.4. The van der Waals surface area contributed by atoms with Gasteiger partial charge in [0.05, 0.1) is 35.5 Å². The van der Waals surface area contributed by atoms with Crippen LogP contribution in [-0.4, -0.2) is 45.9 Å². The van der Waals surface area contributed by atoms with E-state index < -0.39 is 42.0 Å². The summed E-state index contributed by atoms with van der Waals surface area (Å²) in [6.07, 6.45) is -4.87. The number of nitriles is 1. The zero-order chi connectivity index (χ0) is 30.5. The number of anilines is 1. The Morgan fingerprint density at radius 1 is 1.17 bits per heavy atom. The van der Waals surface area contributed by atoms with Gasteiger partial charge in [0.1, 0.15) is 11.9 Å². The van der Waals surface area contributed by atoms with Gasteiger partial charge in [0, 0.05) is 11.3 Å². The average molecular weight is 572 g/mol. The molecule has 0 bridgehead atoms. The molecule has 2 N–H and O–H groups in total. The van der Waals surface area contributed by atoms with E-state index in [1.54, 1.807) is 30.3 Å². The third-order valence-electron chi connectivity index (χ3n) is 6.70. The number of Topliss-reactive ketones (excluding diaryl/α,β-unsaturated/α-hetero) is 1. The summed E-state index contributed by atoms with van der Waals surface area (Å²) in [5.74, 6) is -0.156. The summed E-state index contributed by atoms with van der Waals surface area (Å²) in [5.41, 5.74) is 0.179. The molecule has 0 aromatic heterocycles. The molecular weight excluding hydrogens is 539 g/mol. The van der Waals surface area contributed by atoms with Gasteiger partial charge in [0.25, 0.3) is 0 Å². The molecule has 0 spiro atoms. The molecule has 2 heterocycles. The minimum atomic E-state index is -4.65. The largest absolute Gasteiger partial charge is 0.488 e. The molecule has 2 aromatic carbocycles. The number of allylic oxidation sites excluding steroid dienone is 2. The van der Waals surface area contributed by atoms with Crippen LogP contribution in [0.1, 0.15) is 63.3 Å². The first-order valence-electron chi connectivity index (χ1n) is 13.1. The van der Waals surface area contributed by atoms with Gasteiger partial charge in [-0.1, -0.05) is 32.0 Å². The van der Waals surface area contributed by atoms with Crippen molar-refractivity contribution in [2.45, 2.75) is 65.1 Å². The molecule has 0 saturated heterocycles. The Kier molecular flexibility index (Phi) is 9.97. The van der Waals surface area contributed by atoms with E-state index >= 15 is 0 Å². The summed E-state index contributed by atoms with van der Waals surface area (Å²) < 4.78 is 46.2. The SMILES string of the molecule is CC.CC(=O)C1=C(C)N(c2cccc(C(F)(F)F)c2)C(=O)N(CC2=CCCC(C(O)O)O2)C1c1ccc(C#N)cc1. The van der Waals surface area contributed by atoms with Gasteiger partial charge in [-0.05, 0) is 68.7 Å². The van der Waals surface area contributed by atoms with Crippen molar-refractivity contribution in [3.05, 3.63) is 88.3 Å². The van der Waals surface area contributed by atoms with Crippen LogP contribution < -0.4 is 4.90 Å². The number of carbonyl (C=O) groups excluding carboxylic acids is 2. The molecule has 218 valence electrons. The number of halogens is 3. The Morgan fingerprint density at radius 2 is 1.83 bits per heavy atom. The molecule has 2 aliphatic heterocycles. The van der Waals surface area contributed by atoms with Crippen LogP contribution in [0.5, 0.6) is 0 Å². The van der Waals surface area contributed by atoms with Crippen molar-refractivity contribution in [1.29, 1.82) is 5.26 Å². The van der Waals surface area contributed by atoms with Crippen molar-refractivity contribution in [3.8, 4) is 6.07 Å². The predicted octanol–water partition coefficient (Wildman–Crippen LogP) is 5.82. The van der Waals surface area contributed by atoms with E-state index in [1.165, 1.54) is 30.9 Å². The second-order valence-electron chi connectivity index (χ2n) is 9.30. The maximum atomic E-state index is 14.1. The molecule has 2 atom stereocenters. The number of amides is 2. The van der Waals surface area contributed by atoms with E-state index in [-0.39, 0.29) is 29.3 Å². The average Bonchev–Trinajstić information content (AvgIpc) is 2.95. The number of urea groups is 1. The lowest BCUT2D eigenvalue weighted by Crippen LogP contribution is -2.51. The lowest BCUT2D eigenvalue weighted by Gasteiger charge is -2.43. The van der Waals surface area contributed by atoms with Crippen LogP contribution in [0.4, 0.5) is 23.7 Å². The molecule has 41 heavy (non-hydrogen) atoms. The third kappa shape index (κ3) is 6.78. The van der Waals surface area contributed by atoms with Crippen LogP contribution >= 0.6 is 0 Å². The van der Waals surface area contributed by atoms with E-state index in [0.29, 0.717) is 24.0 Å². The highest BCUT2D eigenvalue weighted by molar-refractivity contribution is 6.05. The van der Waals surface area contributed by atoms with Crippen molar-refractivity contribution in [2.24, 2.45) is 0 Å². The molecule has 0 saturated carbocycles. The molecule has 2 aliphatic rings. The Balaban J connectivity index is 0.00000226. The fourth-order valence-corrected chi connectivity index (χ4v) is 4.86. The van der Waals surface area contributed by atoms with Crippen LogP contribution in [0, 0.1) is 11.3 Å². The monoisotopic (exact) mass is 571 g/mol. The maximum Gasteiger partial charge on any atom is 0.416 e. The number of rotatable bonds is 6. The fourth-order valence-electron chi connectivity index (χ4n) is 4.86. The molecule has 4 rings (SSSR count). The number of carbonyl (C=O) groups is 2. The van der Waals surface area contributed by atoms with Crippen molar-refractivity contribution in [2.75, 3.05) is 11.4 Å². The first kappa shape index (κ1) is 31.4. The molecule has 0 radical (unpaired) electrons. The quantitative estimate of drug-likeness (QED) is 0.422. The number of hydrogen-bond donors (Lipinski definition) is 2. The third-order valence-corrected chi connectivity index (χ3v) is 6.70. The Labute approximate surface area is 236 Å². The number of ketones is 1. The standard InChI is InChI=1S/C28H26F3N3O5.C2H6/c1-16-24(17(2)35)25(19-11-9-18(14-32)10-12-19)33(15-22-7-4-8-23(39-22)26(36)37)27(38)34(16)21-6-3-5-20(13-21)28(29,30)31;1-2/h3,5-7,9-13,23,25-26,36-37H,4,8,15H2,1-2H3;1-2H3. The molecule has 0 fully saturated rings. The molecule has 2 aromatic rings. The zero-order valence-corrected chi connectivity index (χ0v) is 23.1. The highest BCUT2D eigenvalue weighted by Gasteiger charge is 2.43. The smallest absolute Gasteiger partial charge is 0.416 e. The van der Waals surface area contributed by atoms with Gasteiger partial charge in [-0.15, -0.1) is 0 Å². The van der Waals surface area contributed by atoms with Crippen LogP contribution in [-0.2, 0) is 15.7 Å². The van der Waals surface area contributed by atoms with Gasteiger partial charge in [-0.2, -0.15) is 18.4 Å². The van der Waals surface area contributed by atoms with Gasteiger partial charge < -0.3 is 19.8 Å². The highest BCUT2D eigenvalue weighted by atomic mass is 19.4. The topological polar surface area (TPSA) is 114 Å². The maximum absolute atomic E-state index is 14.1. The molecule has 2 amide bonds. The normalized spacial score (nSPS) is 19.2. The Bertz CT molecular complexity index is 1380.